The Morgan fingerprint density at radius 3 is 2.26 bits per heavy atom. The Hall–Kier alpha value is -2.18. The van der Waals surface area contributed by atoms with Gasteiger partial charge in [0.25, 0.3) is 0 Å². The van der Waals surface area contributed by atoms with Gasteiger partial charge in [-0.1, -0.05) is 71.2 Å². The molecule has 3 rings (SSSR count). The summed E-state index contributed by atoms with van der Waals surface area (Å²) in [6.07, 6.45) is 0.384. The van der Waals surface area contributed by atoms with Crippen LogP contribution >= 0.6 is 46.6 Å². The van der Waals surface area contributed by atoms with E-state index in [9.17, 15) is 9.59 Å². The number of likely N-dealkylation sites (N-methyl/N-ethyl adjacent to an activating group) is 1. The topological polar surface area (TPSA) is 49.4 Å². The van der Waals surface area contributed by atoms with E-state index in [2.05, 4.69) is 5.32 Å². The van der Waals surface area contributed by atoms with Gasteiger partial charge in [0, 0.05) is 39.5 Å². The highest BCUT2D eigenvalue weighted by Crippen LogP contribution is 2.26. The second-order valence-electron chi connectivity index (χ2n) is 7.60. The van der Waals surface area contributed by atoms with Crippen molar-refractivity contribution < 1.29 is 9.59 Å². The lowest BCUT2D eigenvalue weighted by Gasteiger charge is -2.31. The molecule has 0 saturated heterocycles. The summed E-state index contributed by atoms with van der Waals surface area (Å²) >= 11 is 19.9. The van der Waals surface area contributed by atoms with E-state index in [0.717, 1.165) is 16.0 Å². The van der Waals surface area contributed by atoms with Crippen LogP contribution < -0.4 is 5.32 Å². The first-order valence-corrected chi connectivity index (χ1v) is 12.9. The molecule has 1 atom stereocenters. The zero-order valence-corrected chi connectivity index (χ0v) is 21.7. The predicted octanol–water partition coefficient (Wildman–Crippen LogP) is 6.52. The minimum absolute atomic E-state index is 0.164. The van der Waals surface area contributed by atoms with E-state index >= 15 is 0 Å². The van der Waals surface area contributed by atoms with Crippen LogP contribution in [0.3, 0.4) is 0 Å². The van der Waals surface area contributed by atoms with Crippen LogP contribution in [0.25, 0.3) is 0 Å². The molecule has 178 valence electrons. The Balaban J connectivity index is 1.91. The number of hydrogen-bond donors (Lipinski definition) is 1. The third-order valence-electron chi connectivity index (χ3n) is 5.15. The molecule has 0 aliphatic rings. The summed E-state index contributed by atoms with van der Waals surface area (Å²) < 4.78 is 0. The predicted molar refractivity (Wildman–Crippen MR) is 142 cm³/mol. The molecule has 3 aromatic rings. The van der Waals surface area contributed by atoms with Gasteiger partial charge in [0.2, 0.25) is 11.8 Å². The van der Waals surface area contributed by atoms with Gasteiger partial charge in [0.1, 0.15) is 6.04 Å². The van der Waals surface area contributed by atoms with Crippen molar-refractivity contribution >= 4 is 58.4 Å². The molecule has 0 aliphatic heterocycles. The van der Waals surface area contributed by atoms with Crippen molar-refractivity contribution in [1.29, 1.82) is 0 Å². The van der Waals surface area contributed by atoms with Gasteiger partial charge >= 0.3 is 0 Å². The molecule has 1 N–H and O–H groups in total. The number of amides is 2. The summed E-state index contributed by atoms with van der Waals surface area (Å²) in [5.41, 5.74) is 1.68. The smallest absolute Gasteiger partial charge is 0.243 e. The summed E-state index contributed by atoms with van der Waals surface area (Å²) in [5, 5.41) is 4.47. The minimum Gasteiger partial charge on any atom is -0.355 e. The first kappa shape index (κ1) is 26.4. The van der Waals surface area contributed by atoms with Crippen LogP contribution in [0.5, 0.6) is 0 Å². The highest BCUT2D eigenvalue weighted by atomic mass is 35.5. The zero-order valence-electron chi connectivity index (χ0n) is 18.6. The highest BCUT2D eigenvalue weighted by molar-refractivity contribution is 8.00. The molecule has 8 heteroatoms. The zero-order chi connectivity index (χ0) is 24.5. The molecule has 0 radical (unpaired) electrons. The lowest BCUT2D eigenvalue weighted by molar-refractivity contribution is -0.139. The maximum atomic E-state index is 13.5. The third kappa shape index (κ3) is 7.67. The maximum absolute atomic E-state index is 13.5. The van der Waals surface area contributed by atoms with Gasteiger partial charge in [-0.25, -0.2) is 0 Å². The quantitative estimate of drug-likeness (QED) is 0.301. The summed E-state index contributed by atoms with van der Waals surface area (Å²) in [4.78, 5) is 29.2. The van der Waals surface area contributed by atoms with Crippen molar-refractivity contribution in [2.24, 2.45) is 0 Å². The van der Waals surface area contributed by atoms with E-state index in [1.165, 1.54) is 11.8 Å². The molecular formula is C26H25Cl3N2O2S. The van der Waals surface area contributed by atoms with Crippen molar-refractivity contribution in [2.45, 2.75) is 30.8 Å². The minimum atomic E-state index is -0.701. The number of benzene rings is 3. The van der Waals surface area contributed by atoms with E-state index in [1.54, 1.807) is 35.2 Å². The number of carbonyl (C=O) groups is 2. The molecule has 0 aliphatic carbocycles. The Morgan fingerprint density at radius 2 is 1.62 bits per heavy atom. The van der Waals surface area contributed by atoms with Crippen molar-refractivity contribution in [3.05, 3.63) is 99.0 Å². The number of rotatable bonds is 10. The Bertz CT molecular complexity index is 1110. The van der Waals surface area contributed by atoms with Crippen LogP contribution in [0, 0.1) is 0 Å². The van der Waals surface area contributed by atoms with Gasteiger partial charge in [0.15, 0.2) is 0 Å². The molecule has 0 spiro atoms. The summed E-state index contributed by atoms with van der Waals surface area (Å²) in [7, 11) is 0. The van der Waals surface area contributed by atoms with Gasteiger partial charge in [-0.05, 0) is 54.4 Å². The molecule has 0 unspecified atom stereocenters. The number of thioether (sulfide) groups is 1. The van der Waals surface area contributed by atoms with Crippen LogP contribution in [0.1, 0.15) is 18.1 Å². The number of halogens is 3. The van der Waals surface area contributed by atoms with Crippen LogP contribution in [-0.4, -0.2) is 35.1 Å². The molecule has 0 aromatic heterocycles. The highest BCUT2D eigenvalue weighted by Gasteiger charge is 2.30. The average Bonchev–Trinajstić information content (AvgIpc) is 2.82. The normalized spacial score (nSPS) is 11.6. The first-order chi connectivity index (χ1) is 16.4. The van der Waals surface area contributed by atoms with Gasteiger partial charge in [-0.2, -0.15) is 0 Å². The fourth-order valence-corrected chi connectivity index (χ4v) is 4.82. The van der Waals surface area contributed by atoms with Crippen LogP contribution in [0.15, 0.2) is 77.7 Å². The van der Waals surface area contributed by atoms with Crippen LogP contribution in [0.2, 0.25) is 15.1 Å². The number of hydrogen-bond acceptors (Lipinski definition) is 3. The van der Waals surface area contributed by atoms with E-state index in [-0.39, 0.29) is 24.1 Å². The van der Waals surface area contributed by atoms with E-state index in [1.807, 2.05) is 49.4 Å². The molecule has 3 aromatic carbocycles. The number of nitrogens with zero attached hydrogens (tertiary/aromatic N) is 1. The largest absolute Gasteiger partial charge is 0.355 e. The van der Waals surface area contributed by atoms with Crippen LogP contribution in [-0.2, 0) is 22.6 Å². The second-order valence-corrected chi connectivity index (χ2v) is 9.93. The van der Waals surface area contributed by atoms with E-state index in [0.29, 0.717) is 28.0 Å². The van der Waals surface area contributed by atoms with Crippen molar-refractivity contribution in [2.75, 3.05) is 12.3 Å². The Labute approximate surface area is 219 Å². The van der Waals surface area contributed by atoms with Crippen LogP contribution in [0.4, 0.5) is 0 Å². The van der Waals surface area contributed by atoms with Crippen molar-refractivity contribution in [1.82, 2.24) is 10.2 Å². The summed E-state index contributed by atoms with van der Waals surface area (Å²) in [6.45, 7) is 2.51. The maximum Gasteiger partial charge on any atom is 0.243 e. The molecule has 34 heavy (non-hydrogen) atoms. The number of nitrogens with one attached hydrogen (secondary N) is 1. The lowest BCUT2D eigenvalue weighted by atomic mass is 10.0. The third-order valence-corrected chi connectivity index (χ3v) is 6.99. The number of carbonyl (C=O) groups excluding carboxylic acids is 2. The molecule has 0 heterocycles. The fourth-order valence-electron chi connectivity index (χ4n) is 3.44. The van der Waals surface area contributed by atoms with Gasteiger partial charge in [-0.3, -0.25) is 9.59 Å². The van der Waals surface area contributed by atoms with Crippen molar-refractivity contribution in [3.8, 4) is 0 Å². The Morgan fingerprint density at radius 1 is 0.941 bits per heavy atom. The van der Waals surface area contributed by atoms with Crippen molar-refractivity contribution in [3.63, 3.8) is 0 Å². The SMILES string of the molecule is CCNC(=O)[C@H](Cc1ccccc1)N(Cc1ccc(Cl)cc1Cl)C(=O)CSc1ccc(Cl)cc1. The molecule has 4 nitrogen and oxygen atoms in total. The molecular weight excluding hydrogens is 511 g/mol. The standard InChI is InChI=1S/C26H25Cl3N2O2S/c1-2-30-26(33)24(14-18-6-4-3-5-7-18)31(16-19-8-9-21(28)15-23(19)29)25(32)17-34-22-12-10-20(27)11-13-22/h3-13,15,24H,2,14,16-17H2,1H3,(H,30,33)/t24-/m0/s1. The van der Waals surface area contributed by atoms with Gasteiger partial charge in [-0.15, -0.1) is 11.8 Å². The molecule has 2 amide bonds. The summed E-state index contributed by atoms with van der Waals surface area (Å²) in [6, 6.07) is 21.4. The first-order valence-electron chi connectivity index (χ1n) is 10.8. The van der Waals surface area contributed by atoms with Gasteiger partial charge < -0.3 is 10.2 Å². The van der Waals surface area contributed by atoms with E-state index in [4.69, 9.17) is 34.8 Å². The summed E-state index contributed by atoms with van der Waals surface area (Å²) in [5.74, 6) is -0.211. The monoisotopic (exact) mass is 534 g/mol. The molecule has 0 saturated carbocycles. The molecule has 0 fully saturated rings. The fraction of sp³-hybridized carbons (Fsp3) is 0.231. The average molecular weight is 536 g/mol. The Kier molecular flexibility index (Phi) is 10.1. The van der Waals surface area contributed by atoms with E-state index < -0.39 is 6.04 Å². The molecule has 0 bridgehead atoms. The lowest BCUT2D eigenvalue weighted by Crippen LogP contribution is -2.51. The second kappa shape index (κ2) is 13.1. The van der Waals surface area contributed by atoms with Gasteiger partial charge in [0.05, 0.1) is 5.75 Å².